The van der Waals surface area contributed by atoms with Crippen molar-refractivity contribution in [2.45, 2.75) is 33.6 Å². The highest BCUT2D eigenvalue weighted by Crippen LogP contribution is 2.15. The summed E-state index contributed by atoms with van der Waals surface area (Å²) in [5.41, 5.74) is 2.50. The Bertz CT molecular complexity index is 285. The molecule has 0 saturated carbocycles. The minimum absolute atomic E-state index is 1.05. The van der Waals surface area contributed by atoms with Crippen LogP contribution in [-0.4, -0.2) is 0 Å². The molecule has 0 radical (unpaired) electrons. The van der Waals surface area contributed by atoms with E-state index in [4.69, 9.17) is 0 Å². The molecule has 0 aromatic rings. The van der Waals surface area contributed by atoms with Crippen molar-refractivity contribution in [1.29, 1.82) is 0 Å². The zero-order valence-electron chi connectivity index (χ0n) is 10.2. The Morgan fingerprint density at radius 3 is 2.27 bits per heavy atom. The normalized spacial score (nSPS) is 14.1. The molecule has 82 valence electrons. The quantitative estimate of drug-likeness (QED) is 0.533. The van der Waals surface area contributed by atoms with Crippen molar-refractivity contribution < 1.29 is 0 Å². The number of hydrogen-bond acceptors (Lipinski definition) is 0. The first-order valence-corrected chi connectivity index (χ1v) is 5.62. The predicted molar refractivity (Wildman–Crippen MR) is 70.9 cm³/mol. The topological polar surface area (TPSA) is 0 Å². The largest absolute Gasteiger partial charge is 0.0990 e. The van der Waals surface area contributed by atoms with Gasteiger partial charge in [0.25, 0.3) is 0 Å². The van der Waals surface area contributed by atoms with Crippen molar-refractivity contribution in [2.75, 3.05) is 0 Å². The average Bonchev–Trinajstić information content (AvgIpc) is 2.24. The third-order valence-corrected chi connectivity index (χ3v) is 1.93. The molecule has 0 aromatic carbocycles. The van der Waals surface area contributed by atoms with E-state index in [0.29, 0.717) is 0 Å². The summed E-state index contributed by atoms with van der Waals surface area (Å²) in [6.45, 7) is 10.1. The van der Waals surface area contributed by atoms with Crippen molar-refractivity contribution in [2.24, 2.45) is 0 Å². The highest BCUT2D eigenvalue weighted by molar-refractivity contribution is 5.47. The van der Waals surface area contributed by atoms with Crippen molar-refractivity contribution in [3.63, 3.8) is 0 Å². The van der Waals surface area contributed by atoms with Crippen LogP contribution in [0.25, 0.3) is 0 Å². The molecule has 0 fully saturated rings. The lowest BCUT2D eigenvalue weighted by Crippen LogP contribution is -1.83. The summed E-state index contributed by atoms with van der Waals surface area (Å²) in [5.74, 6) is 0. The van der Waals surface area contributed by atoms with Gasteiger partial charge in [-0.25, -0.2) is 0 Å². The standard InChI is InChI=1S/C15H22/c1-5-9-13-15(12-8-4)14(10-6-2)11-7-3/h6-7,9-13H,2,5,8H2,1,3-4H3/b11-7-,13-9-,14-10-,15-12-. The Morgan fingerprint density at radius 1 is 1.07 bits per heavy atom. The lowest BCUT2D eigenvalue weighted by Gasteiger charge is -2.02. The Kier molecular flexibility index (Phi) is 8.46. The second-order valence-corrected chi connectivity index (χ2v) is 3.24. The van der Waals surface area contributed by atoms with Crippen LogP contribution < -0.4 is 0 Å². The van der Waals surface area contributed by atoms with Gasteiger partial charge < -0.3 is 0 Å². The summed E-state index contributed by atoms with van der Waals surface area (Å²) in [4.78, 5) is 0. The van der Waals surface area contributed by atoms with Gasteiger partial charge >= 0.3 is 0 Å². The summed E-state index contributed by atoms with van der Waals surface area (Å²) in [5, 5.41) is 0. The molecule has 0 atom stereocenters. The van der Waals surface area contributed by atoms with E-state index < -0.39 is 0 Å². The third-order valence-electron chi connectivity index (χ3n) is 1.93. The van der Waals surface area contributed by atoms with E-state index in [1.54, 1.807) is 0 Å². The van der Waals surface area contributed by atoms with Gasteiger partial charge in [-0.3, -0.25) is 0 Å². The molecule has 0 nitrogen and oxygen atoms in total. The van der Waals surface area contributed by atoms with Crippen LogP contribution in [-0.2, 0) is 0 Å². The summed E-state index contributed by atoms with van der Waals surface area (Å²) in [6, 6.07) is 0. The van der Waals surface area contributed by atoms with E-state index >= 15 is 0 Å². The third kappa shape index (κ3) is 5.90. The summed E-state index contributed by atoms with van der Waals surface area (Å²) in [7, 11) is 0. The van der Waals surface area contributed by atoms with Gasteiger partial charge in [0.1, 0.15) is 0 Å². The predicted octanol–water partition coefficient (Wildman–Crippen LogP) is 4.98. The van der Waals surface area contributed by atoms with Crippen LogP contribution in [0.2, 0.25) is 0 Å². The second kappa shape index (κ2) is 9.26. The first-order chi connectivity index (χ1) is 7.29. The first-order valence-electron chi connectivity index (χ1n) is 5.62. The van der Waals surface area contributed by atoms with Crippen LogP contribution in [0.3, 0.4) is 0 Å². The maximum atomic E-state index is 3.74. The van der Waals surface area contributed by atoms with Gasteiger partial charge in [-0.15, -0.1) is 0 Å². The molecule has 0 spiro atoms. The van der Waals surface area contributed by atoms with Crippen LogP contribution in [0.1, 0.15) is 33.6 Å². The molecule has 0 unspecified atom stereocenters. The molecular weight excluding hydrogens is 180 g/mol. The first kappa shape index (κ1) is 13.7. The fourth-order valence-corrected chi connectivity index (χ4v) is 1.30. The van der Waals surface area contributed by atoms with E-state index in [0.717, 1.165) is 12.8 Å². The molecule has 0 heteroatoms. The van der Waals surface area contributed by atoms with Gasteiger partial charge in [0.05, 0.1) is 0 Å². The molecule has 0 aliphatic heterocycles. The molecule has 0 rings (SSSR count). The minimum Gasteiger partial charge on any atom is -0.0990 e. The van der Waals surface area contributed by atoms with Crippen molar-refractivity contribution in [1.82, 2.24) is 0 Å². The van der Waals surface area contributed by atoms with Gasteiger partial charge in [0.2, 0.25) is 0 Å². The fourth-order valence-electron chi connectivity index (χ4n) is 1.30. The molecule has 0 N–H and O–H groups in total. The molecule has 15 heavy (non-hydrogen) atoms. The van der Waals surface area contributed by atoms with E-state index in [1.165, 1.54) is 11.1 Å². The molecule has 0 heterocycles. The zero-order chi connectivity index (χ0) is 11.5. The van der Waals surface area contributed by atoms with E-state index in [2.05, 4.69) is 50.8 Å². The van der Waals surface area contributed by atoms with Gasteiger partial charge in [0, 0.05) is 0 Å². The molecule has 0 aromatic heterocycles. The summed E-state index contributed by atoms with van der Waals surface area (Å²) >= 11 is 0. The highest BCUT2D eigenvalue weighted by atomic mass is 14.0. The molecule has 0 aliphatic carbocycles. The van der Waals surface area contributed by atoms with Gasteiger partial charge in [-0.2, -0.15) is 0 Å². The zero-order valence-corrected chi connectivity index (χ0v) is 10.2. The number of rotatable bonds is 6. The lowest BCUT2D eigenvalue weighted by molar-refractivity contribution is 1.19. The average molecular weight is 202 g/mol. The maximum absolute atomic E-state index is 3.74. The van der Waals surface area contributed by atoms with Gasteiger partial charge in [-0.1, -0.05) is 63.0 Å². The molecular formula is C15H22. The summed E-state index contributed by atoms with van der Waals surface area (Å²) in [6.07, 6.45) is 16.8. The van der Waals surface area contributed by atoms with Crippen molar-refractivity contribution in [3.8, 4) is 0 Å². The Labute approximate surface area is 94.4 Å². The van der Waals surface area contributed by atoms with Crippen LogP contribution in [0, 0.1) is 0 Å². The van der Waals surface area contributed by atoms with E-state index in [1.807, 2.05) is 19.1 Å². The molecule has 0 aliphatic rings. The maximum Gasteiger partial charge on any atom is -0.0191 e. The molecule has 0 saturated heterocycles. The van der Waals surface area contributed by atoms with Crippen molar-refractivity contribution in [3.05, 3.63) is 60.3 Å². The SMILES string of the molecule is C=C/C=C(/C=C\C)C(\C=C/CC)=C/CC. The van der Waals surface area contributed by atoms with Crippen LogP contribution >= 0.6 is 0 Å². The van der Waals surface area contributed by atoms with E-state index in [9.17, 15) is 0 Å². The minimum atomic E-state index is 1.05. The Morgan fingerprint density at radius 2 is 1.80 bits per heavy atom. The van der Waals surface area contributed by atoms with Gasteiger partial charge in [0.15, 0.2) is 0 Å². The molecule has 0 bridgehead atoms. The van der Waals surface area contributed by atoms with E-state index in [-0.39, 0.29) is 0 Å². The lowest BCUT2D eigenvalue weighted by atomic mass is 10.0. The smallest absolute Gasteiger partial charge is 0.0191 e. The monoisotopic (exact) mass is 202 g/mol. The number of hydrogen-bond donors (Lipinski definition) is 0. The highest BCUT2D eigenvalue weighted by Gasteiger charge is 1.95. The van der Waals surface area contributed by atoms with Crippen LogP contribution in [0.4, 0.5) is 0 Å². The van der Waals surface area contributed by atoms with Crippen LogP contribution in [0.15, 0.2) is 60.3 Å². The van der Waals surface area contributed by atoms with Crippen molar-refractivity contribution >= 4 is 0 Å². The Hall–Kier alpha value is -1.30. The number of allylic oxidation sites excluding steroid dienone is 9. The Balaban J connectivity index is 5.01. The fraction of sp³-hybridized carbons (Fsp3) is 0.333. The molecule has 0 amide bonds. The van der Waals surface area contributed by atoms with Gasteiger partial charge in [-0.05, 0) is 30.9 Å². The second-order valence-electron chi connectivity index (χ2n) is 3.24. The van der Waals surface area contributed by atoms with Crippen LogP contribution in [0.5, 0.6) is 0 Å². The summed E-state index contributed by atoms with van der Waals surface area (Å²) < 4.78 is 0.